The molecular formula is C19H25N7. The van der Waals surface area contributed by atoms with Crippen molar-refractivity contribution in [1.29, 1.82) is 5.41 Å². The van der Waals surface area contributed by atoms with E-state index in [0.717, 1.165) is 33.7 Å². The Hall–Kier alpha value is -3.48. The number of pyridine rings is 1. The number of aromatic nitrogens is 1. The van der Waals surface area contributed by atoms with E-state index in [0.29, 0.717) is 5.82 Å². The number of anilines is 1. The monoisotopic (exact) mass is 351 g/mol. The number of rotatable bonds is 7. The second-order valence-corrected chi connectivity index (χ2v) is 5.82. The van der Waals surface area contributed by atoms with E-state index in [-0.39, 0.29) is 6.17 Å². The average molecular weight is 351 g/mol. The zero-order chi connectivity index (χ0) is 19.1. The van der Waals surface area contributed by atoms with E-state index in [9.17, 15) is 0 Å². The van der Waals surface area contributed by atoms with Crippen molar-refractivity contribution in [2.45, 2.75) is 13.1 Å². The molecule has 0 amide bonds. The molecule has 0 bridgehead atoms. The quantitative estimate of drug-likeness (QED) is 0.329. The topological polar surface area (TPSA) is 125 Å². The van der Waals surface area contributed by atoms with Crippen LogP contribution in [0, 0.1) is 5.41 Å². The molecule has 0 saturated heterocycles. The number of nitrogens with two attached hydrogens (primary N) is 2. The van der Waals surface area contributed by atoms with Gasteiger partial charge in [0.25, 0.3) is 0 Å². The molecule has 136 valence electrons. The predicted octanol–water partition coefficient (Wildman–Crippen LogP) is 1.86. The van der Waals surface area contributed by atoms with Crippen LogP contribution in [0.15, 0.2) is 60.4 Å². The van der Waals surface area contributed by atoms with Gasteiger partial charge < -0.3 is 32.8 Å². The predicted molar refractivity (Wildman–Crippen MR) is 109 cm³/mol. The normalized spacial score (nSPS) is 17.2. The molecule has 0 radical (unpaired) electrons. The lowest BCUT2D eigenvalue weighted by Gasteiger charge is -2.24. The minimum absolute atomic E-state index is 0.198. The van der Waals surface area contributed by atoms with Crippen LogP contribution in [-0.4, -0.2) is 24.4 Å². The third-order valence-electron chi connectivity index (χ3n) is 3.77. The fourth-order valence-electron chi connectivity index (χ4n) is 2.44. The van der Waals surface area contributed by atoms with Gasteiger partial charge in [0.1, 0.15) is 6.17 Å². The number of hydrogen-bond donors (Lipinski definition) is 6. The van der Waals surface area contributed by atoms with E-state index in [4.69, 9.17) is 16.9 Å². The maximum atomic E-state index is 7.54. The maximum absolute atomic E-state index is 7.54. The van der Waals surface area contributed by atoms with Crippen LogP contribution in [0.4, 0.5) is 5.69 Å². The van der Waals surface area contributed by atoms with Crippen molar-refractivity contribution in [1.82, 2.24) is 15.6 Å². The van der Waals surface area contributed by atoms with Crippen LogP contribution in [0.25, 0.3) is 11.6 Å². The van der Waals surface area contributed by atoms with Crippen LogP contribution in [0.2, 0.25) is 0 Å². The first-order valence-electron chi connectivity index (χ1n) is 8.13. The van der Waals surface area contributed by atoms with Crippen molar-refractivity contribution in [2.75, 3.05) is 12.4 Å². The second kappa shape index (κ2) is 8.57. The summed E-state index contributed by atoms with van der Waals surface area (Å²) in [4.78, 5) is 4.44. The smallest absolute Gasteiger partial charge is 0.117 e. The lowest BCUT2D eigenvalue weighted by molar-refractivity contribution is 0.729. The van der Waals surface area contributed by atoms with Crippen molar-refractivity contribution in [3.8, 4) is 0 Å². The first-order chi connectivity index (χ1) is 12.5. The molecular weight excluding hydrogens is 326 g/mol. The van der Waals surface area contributed by atoms with E-state index in [1.54, 1.807) is 25.5 Å². The van der Waals surface area contributed by atoms with Crippen molar-refractivity contribution in [3.05, 3.63) is 71.6 Å². The standard InChI is InChI=1S/C19H25N7/c1-12(2)13(8-20)7-18(22)26-19-5-4-16-17(25-19)6-14(11-24-16)15(9-21)10-23-3/h4-11,19,21,23,25-26H,1,20,22H2,2-3H3/b13-8+,15-10+,18-7+,21-9?. The average Bonchev–Trinajstić information content (AvgIpc) is 2.63. The number of nitrogens with zero attached hydrogens (tertiary/aromatic N) is 1. The van der Waals surface area contributed by atoms with E-state index in [1.165, 1.54) is 12.4 Å². The fourth-order valence-corrected chi connectivity index (χ4v) is 2.44. The molecule has 0 saturated carbocycles. The van der Waals surface area contributed by atoms with Crippen molar-refractivity contribution < 1.29 is 0 Å². The van der Waals surface area contributed by atoms with Gasteiger partial charge in [-0.3, -0.25) is 4.98 Å². The molecule has 1 unspecified atom stereocenters. The van der Waals surface area contributed by atoms with Gasteiger partial charge >= 0.3 is 0 Å². The molecule has 0 aromatic carbocycles. The Labute approximate surface area is 153 Å². The Morgan fingerprint density at radius 2 is 2.23 bits per heavy atom. The number of allylic oxidation sites excluding steroid dienone is 4. The van der Waals surface area contributed by atoms with Gasteiger partial charge in [-0.1, -0.05) is 6.58 Å². The van der Waals surface area contributed by atoms with Crippen LogP contribution < -0.4 is 27.4 Å². The summed E-state index contributed by atoms with van der Waals surface area (Å²) in [5, 5.41) is 17.0. The van der Waals surface area contributed by atoms with Gasteiger partial charge in [-0.15, -0.1) is 0 Å². The summed E-state index contributed by atoms with van der Waals surface area (Å²) in [6, 6.07) is 1.95. The van der Waals surface area contributed by atoms with Gasteiger partial charge in [0.2, 0.25) is 0 Å². The van der Waals surface area contributed by atoms with Gasteiger partial charge in [0, 0.05) is 43.0 Å². The number of fused-ring (bicyclic) bond motifs is 1. The summed E-state index contributed by atoms with van der Waals surface area (Å²) in [5.74, 6) is 0.467. The van der Waals surface area contributed by atoms with E-state index in [2.05, 4.69) is 27.5 Å². The summed E-state index contributed by atoms with van der Waals surface area (Å²) < 4.78 is 0. The van der Waals surface area contributed by atoms with Crippen LogP contribution in [0.5, 0.6) is 0 Å². The highest BCUT2D eigenvalue weighted by Gasteiger charge is 2.15. The summed E-state index contributed by atoms with van der Waals surface area (Å²) in [6.45, 7) is 5.73. The maximum Gasteiger partial charge on any atom is 0.117 e. The summed E-state index contributed by atoms with van der Waals surface area (Å²) in [5.41, 5.74) is 16.5. The molecule has 2 heterocycles. The molecule has 26 heavy (non-hydrogen) atoms. The van der Waals surface area contributed by atoms with E-state index in [1.807, 2.05) is 25.1 Å². The highest BCUT2D eigenvalue weighted by molar-refractivity contribution is 6.08. The Morgan fingerprint density at radius 1 is 1.46 bits per heavy atom. The van der Waals surface area contributed by atoms with Crippen molar-refractivity contribution >= 4 is 23.6 Å². The minimum atomic E-state index is -0.198. The Kier molecular flexibility index (Phi) is 6.21. The highest BCUT2D eigenvalue weighted by Crippen LogP contribution is 2.24. The summed E-state index contributed by atoms with van der Waals surface area (Å²) in [7, 11) is 1.79. The third kappa shape index (κ3) is 4.54. The number of hydrogen-bond acceptors (Lipinski definition) is 7. The molecule has 0 aliphatic carbocycles. The largest absolute Gasteiger partial charge is 0.404 e. The molecule has 7 heteroatoms. The zero-order valence-electron chi connectivity index (χ0n) is 15.0. The first kappa shape index (κ1) is 18.9. The SMILES string of the molecule is C=C(C)C(/C=C(\N)NC1C=Cc2ncc(/C(C=N)=C/NC)cc2N1)=C/N. The molecule has 1 aromatic rings. The third-order valence-corrected chi connectivity index (χ3v) is 3.77. The fraction of sp³-hybridized carbons (Fsp3) is 0.158. The Balaban J connectivity index is 2.18. The molecule has 8 N–H and O–H groups in total. The Bertz CT molecular complexity index is 815. The van der Waals surface area contributed by atoms with Crippen molar-refractivity contribution in [3.63, 3.8) is 0 Å². The van der Waals surface area contributed by atoms with Gasteiger partial charge in [-0.25, -0.2) is 0 Å². The summed E-state index contributed by atoms with van der Waals surface area (Å²) in [6.07, 6.45) is 11.7. The lowest BCUT2D eigenvalue weighted by atomic mass is 10.1. The minimum Gasteiger partial charge on any atom is -0.404 e. The summed E-state index contributed by atoms with van der Waals surface area (Å²) >= 11 is 0. The molecule has 7 nitrogen and oxygen atoms in total. The van der Waals surface area contributed by atoms with E-state index < -0.39 is 0 Å². The molecule has 1 aliphatic rings. The highest BCUT2D eigenvalue weighted by atomic mass is 15.2. The van der Waals surface area contributed by atoms with E-state index >= 15 is 0 Å². The van der Waals surface area contributed by atoms with Gasteiger partial charge in [-0.05, 0) is 42.4 Å². The zero-order valence-corrected chi connectivity index (χ0v) is 15.0. The second-order valence-electron chi connectivity index (χ2n) is 5.82. The molecule has 0 spiro atoms. The lowest BCUT2D eigenvalue weighted by Crippen LogP contribution is -2.38. The van der Waals surface area contributed by atoms with Crippen LogP contribution in [-0.2, 0) is 0 Å². The molecule has 0 fully saturated rings. The van der Waals surface area contributed by atoms with Gasteiger partial charge in [0.15, 0.2) is 0 Å². The molecule has 2 rings (SSSR count). The Morgan fingerprint density at radius 3 is 2.85 bits per heavy atom. The molecule has 1 atom stereocenters. The number of nitrogens with one attached hydrogen (secondary N) is 4. The van der Waals surface area contributed by atoms with Gasteiger partial charge in [-0.2, -0.15) is 0 Å². The van der Waals surface area contributed by atoms with Crippen LogP contribution >= 0.6 is 0 Å². The molecule has 1 aliphatic heterocycles. The van der Waals surface area contributed by atoms with Crippen molar-refractivity contribution in [2.24, 2.45) is 11.5 Å². The van der Waals surface area contributed by atoms with Gasteiger partial charge in [0.05, 0.1) is 17.2 Å². The first-order valence-corrected chi connectivity index (χ1v) is 8.13. The van der Waals surface area contributed by atoms with Crippen LogP contribution in [0.3, 0.4) is 0 Å². The van der Waals surface area contributed by atoms with Crippen LogP contribution in [0.1, 0.15) is 18.2 Å². The molecule has 1 aromatic heterocycles.